The fraction of sp³-hybridized carbons (Fsp3) is 0.516. The fourth-order valence-electron chi connectivity index (χ4n) is 4.45. The van der Waals surface area contributed by atoms with Crippen LogP contribution in [0, 0.1) is 5.82 Å². The van der Waals surface area contributed by atoms with Crippen LogP contribution in [0.15, 0.2) is 59.1 Å². The number of rotatable bonds is 19. The lowest BCUT2D eigenvalue weighted by Gasteiger charge is -2.15. The summed E-state index contributed by atoms with van der Waals surface area (Å²) < 4.78 is 15.2. The van der Waals surface area contributed by atoms with Crippen molar-refractivity contribution in [1.82, 2.24) is 30.2 Å². The van der Waals surface area contributed by atoms with Crippen molar-refractivity contribution in [2.45, 2.75) is 95.0 Å². The van der Waals surface area contributed by atoms with Crippen LogP contribution in [0.2, 0.25) is 0 Å². The van der Waals surface area contributed by atoms with Gasteiger partial charge in [-0.05, 0) is 29.7 Å². The number of urea groups is 1. The summed E-state index contributed by atoms with van der Waals surface area (Å²) in [7, 11) is 0. The van der Waals surface area contributed by atoms with Gasteiger partial charge in [0.2, 0.25) is 0 Å². The van der Waals surface area contributed by atoms with Crippen LogP contribution in [-0.2, 0) is 18.7 Å². The van der Waals surface area contributed by atoms with Gasteiger partial charge in [-0.15, -0.1) is 0 Å². The number of carbonyl (C=O) groups excluding carboxylic acids is 1. The van der Waals surface area contributed by atoms with Crippen LogP contribution in [-0.4, -0.2) is 38.6 Å². The summed E-state index contributed by atoms with van der Waals surface area (Å²) in [6, 6.07) is 6.07. The standard InChI is InChI=1S/C31H43FN6O2S/c1-2-3-4-5-6-7-8-9-10-11-16-35-30(40)36-17-18-38-22-27(19-26-20-33-24-34-21-26)29(39)37-31(38)41-23-25-12-14-28(32)15-13-25/h12-15,20-22,24H,2-11,16-19,23H2,1H3,(H2,35,36,40). The lowest BCUT2D eigenvalue weighted by Crippen LogP contribution is -2.38. The minimum Gasteiger partial charge on any atom is -0.338 e. The molecule has 222 valence electrons. The molecule has 0 aliphatic carbocycles. The summed E-state index contributed by atoms with van der Waals surface area (Å²) in [6.07, 6.45) is 19.5. The molecule has 2 aromatic heterocycles. The minimum atomic E-state index is -0.311. The Hall–Kier alpha value is -3.27. The molecule has 8 nitrogen and oxygen atoms in total. The monoisotopic (exact) mass is 582 g/mol. The van der Waals surface area contributed by atoms with Crippen molar-refractivity contribution in [3.05, 3.63) is 82.0 Å². The molecule has 0 spiro atoms. The highest BCUT2D eigenvalue weighted by atomic mass is 32.2. The van der Waals surface area contributed by atoms with Crippen molar-refractivity contribution >= 4 is 17.8 Å². The second-order valence-electron chi connectivity index (χ2n) is 10.3. The molecule has 0 aliphatic heterocycles. The third kappa shape index (κ3) is 12.8. The summed E-state index contributed by atoms with van der Waals surface area (Å²) in [5.74, 6) is 0.242. The molecule has 1 aromatic carbocycles. The van der Waals surface area contributed by atoms with Crippen LogP contribution in [0.3, 0.4) is 0 Å². The van der Waals surface area contributed by atoms with Gasteiger partial charge < -0.3 is 15.2 Å². The molecule has 0 atom stereocenters. The molecule has 0 bridgehead atoms. The van der Waals surface area contributed by atoms with E-state index < -0.39 is 0 Å². The summed E-state index contributed by atoms with van der Waals surface area (Å²) >= 11 is 1.40. The van der Waals surface area contributed by atoms with E-state index in [0.29, 0.717) is 42.5 Å². The number of halogens is 1. The molecule has 0 saturated heterocycles. The summed E-state index contributed by atoms with van der Waals surface area (Å²) in [5, 5.41) is 6.39. The van der Waals surface area contributed by atoms with Crippen LogP contribution in [0.4, 0.5) is 9.18 Å². The van der Waals surface area contributed by atoms with Crippen molar-refractivity contribution in [2.75, 3.05) is 13.1 Å². The number of hydrogen-bond donors (Lipinski definition) is 2. The van der Waals surface area contributed by atoms with Gasteiger partial charge in [0, 0.05) is 56.0 Å². The van der Waals surface area contributed by atoms with E-state index >= 15 is 0 Å². The Bertz CT molecular complexity index is 1220. The van der Waals surface area contributed by atoms with Gasteiger partial charge in [0.15, 0.2) is 5.16 Å². The number of nitrogens with zero attached hydrogens (tertiary/aromatic N) is 4. The highest BCUT2D eigenvalue weighted by Crippen LogP contribution is 2.21. The zero-order chi connectivity index (χ0) is 29.1. The molecule has 0 radical (unpaired) electrons. The maximum atomic E-state index is 13.3. The number of aromatic nitrogens is 4. The maximum absolute atomic E-state index is 13.3. The highest BCUT2D eigenvalue weighted by molar-refractivity contribution is 7.98. The zero-order valence-electron chi connectivity index (χ0n) is 24.1. The lowest BCUT2D eigenvalue weighted by molar-refractivity contribution is 0.240. The fourth-order valence-corrected chi connectivity index (χ4v) is 5.40. The van der Waals surface area contributed by atoms with E-state index in [1.165, 1.54) is 81.6 Å². The van der Waals surface area contributed by atoms with Crippen LogP contribution in [0.25, 0.3) is 0 Å². The molecule has 0 saturated carbocycles. The topological polar surface area (TPSA) is 102 Å². The number of thioether (sulfide) groups is 1. The van der Waals surface area contributed by atoms with Crippen LogP contribution >= 0.6 is 11.8 Å². The van der Waals surface area contributed by atoms with Crippen molar-refractivity contribution in [3.8, 4) is 0 Å². The van der Waals surface area contributed by atoms with Gasteiger partial charge in [-0.2, -0.15) is 4.98 Å². The number of hydrogen-bond acceptors (Lipinski definition) is 6. The average Bonchev–Trinajstić information content (AvgIpc) is 2.98. The van der Waals surface area contributed by atoms with Gasteiger partial charge in [-0.1, -0.05) is 88.6 Å². The normalized spacial score (nSPS) is 11.0. The number of unbranched alkanes of at least 4 members (excludes halogenated alkanes) is 9. The van der Waals surface area contributed by atoms with E-state index in [0.717, 1.165) is 24.0 Å². The first-order chi connectivity index (χ1) is 20.0. The van der Waals surface area contributed by atoms with Crippen LogP contribution < -0.4 is 16.2 Å². The first kappa shape index (κ1) is 32.2. The van der Waals surface area contributed by atoms with Gasteiger partial charge in [0.25, 0.3) is 5.56 Å². The van der Waals surface area contributed by atoms with Crippen molar-refractivity contribution in [1.29, 1.82) is 0 Å². The van der Waals surface area contributed by atoms with Crippen LogP contribution in [0.1, 0.15) is 87.8 Å². The SMILES string of the molecule is CCCCCCCCCCCCNC(=O)NCCn1cc(Cc2cncnc2)c(=O)nc1SCc1ccc(F)cc1. The number of benzene rings is 1. The largest absolute Gasteiger partial charge is 0.338 e. The van der Waals surface area contributed by atoms with Gasteiger partial charge in [-0.25, -0.2) is 19.2 Å². The van der Waals surface area contributed by atoms with E-state index in [1.54, 1.807) is 30.7 Å². The molecule has 0 aliphatic rings. The Balaban J connectivity index is 1.46. The average molecular weight is 583 g/mol. The van der Waals surface area contributed by atoms with E-state index in [1.807, 2.05) is 4.57 Å². The number of nitrogens with one attached hydrogen (secondary N) is 2. The Kier molecular flexibility index (Phi) is 14.9. The van der Waals surface area contributed by atoms with Crippen LogP contribution in [0.5, 0.6) is 0 Å². The summed E-state index contributed by atoms with van der Waals surface area (Å²) in [4.78, 5) is 37.5. The highest BCUT2D eigenvalue weighted by Gasteiger charge is 2.12. The first-order valence-electron chi connectivity index (χ1n) is 14.8. The lowest BCUT2D eigenvalue weighted by atomic mass is 10.1. The molecule has 2 amide bonds. The molecule has 3 aromatic rings. The molecule has 3 rings (SSSR count). The predicted molar refractivity (Wildman–Crippen MR) is 163 cm³/mol. The quantitative estimate of drug-likeness (QED) is 0.0981. The van der Waals surface area contributed by atoms with E-state index in [9.17, 15) is 14.0 Å². The van der Waals surface area contributed by atoms with E-state index in [2.05, 4.69) is 32.5 Å². The van der Waals surface area contributed by atoms with Crippen molar-refractivity contribution in [3.63, 3.8) is 0 Å². The first-order valence-corrected chi connectivity index (χ1v) is 15.8. The molecule has 2 N–H and O–H groups in total. The van der Waals surface area contributed by atoms with Gasteiger partial charge >= 0.3 is 6.03 Å². The second kappa shape index (κ2) is 19.0. The van der Waals surface area contributed by atoms with Crippen molar-refractivity contribution in [2.24, 2.45) is 0 Å². The Morgan fingerprint density at radius 1 is 0.878 bits per heavy atom. The zero-order valence-corrected chi connectivity index (χ0v) is 24.9. The molecule has 0 unspecified atom stereocenters. The molecule has 10 heteroatoms. The Labute approximate surface area is 247 Å². The van der Waals surface area contributed by atoms with E-state index in [-0.39, 0.29) is 17.4 Å². The Morgan fingerprint density at radius 3 is 2.20 bits per heavy atom. The van der Waals surface area contributed by atoms with Gasteiger partial charge in [0.05, 0.1) is 0 Å². The maximum Gasteiger partial charge on any atom is 0.314 e. The number of carbonyl (C=O) groups is 1. The summed E-state index contributed by atoms with van der Waals surface area (Å²) in [5.41, 5.74) is 1.95. The number of amides is 2. The smallest absolute Gasteiger partial charge is 0.314 e. The van der Waals surface area contributed by atoms with Crippen molar-refractivity contribution < 1.29 is 9.18 Å². The molecule has 2 heterocycles. The minimum absolute atomic E-state index is 0.197. The molecular formula is C31H43FN6O2S. The molecule has 41 heavy (non-hydrogen) atoms. The third-order valence-corrected chi connectivity index (χ3v) is 7.83. The molecular weight excluding hydrogens is 539 g/mol. The van der Waals surface area contributed by atoms with E-state index in [4.69, 9.17) is 0 Å². The third-order valence-electron chi connectivity index (χ3n) is 6.77. The Morgan fingerprint density at radius 2 is 1.51 bits per heavy atom. The second-order valence-corrected chi connectivity index (χ2v) is 11.2. The summed E-state index contributed by atoms with van der Waals surface area (Å²) in [6.45, 7) is 3.73. The van der Waals surface area contributed by atoms with Gasteiger partial charge in [-0.3, -0.25) is 4.79 Å². The predicted octanol–water partition coefficient (Wildman–Crippen LogP) is 6.28. The van der Waals surface area contributed by atoms with Gasteiger partial charge in [0.1, 0.15) is 12.1 Å². The molecule has 0 fully saturated rings.